The van der Waals surface area contributed by atoms with Crippen LogP contribution >= 0.6 is 0 Å². The van der Waals surface area contributed by atoms with Crippen LogP contribution in [0, 0.1) is 5.41 Å². The summed E-state index contributed by atoms with van der Waals surface area (Å²) in [6, 6.07) is 0.539. The molecule has 0 radical (unpaired) electrons. The quantitative estimate of drug-likeness (QED) is 0.683. The lowest BCUT2D eigenvalue weighted by Gasteiger charge is -2.25. The number of rotatable bonds is 1. The van der Waals surface area contributed by atoms with Gasteiger partial charge in [0.15, 0.2) is 0 Å². The second-order valence-electron chi connectivity index (χ2n) is 5.57. The first-order valence-corrected chi connectivity index (χ1v) is 5.53. The van der Waals surface area contributed by atoms with E-state index in [1.54, 1.807) is 0 Å². The fourth-order valence-corrected chi connectivity index (χ4v) is 2.78. The number of amides is 1. The number of likely N-dealkylation sites (tertiary alicyclic amines) is 1. The molecule has 14 heavy (non-hydrogen) atoms. The van der Waals surface area contributed by atoms with Gasteiger partial charge >= 0.3 is 0 Å². The summed E-state index contributed by atoms with van der Waals surface area (Å²) in [4.78, 5) is 13.6. The minimum absolute atomic E-state index is 0.0752. The van der Waals surface area contributed by atoms with Crippen molar-refractivity contribution < 1.29 is 4.79 Å². The van der Waals surface area contributed by atoms with Crippen LogP contribution in [-0.2, 0) is 4.79 Å². The fraction of sp³-hybridized carbons (Fsp3) is 0.909. The number of hydrogen-bond donors (Lipinski definition) is 1. The zero-order valence-electron chi connectivity index (χ0n) is 9.12. The molecule has 1 aliphatic heterocycles. The third kappa shape index (κ3) is 1.78. The van der Waals surface area contributed by atoms with Gasteiger partial charge in [0.25, 0.3) is 0 Å². The van der Waals surface area contributed by atoms with E-state index < -0.39 is 0 Å². The summed E-state index contributed by atoms with van der Waals surface area (Å²) < 4.78 is 0. The molecule has 0 aromatic heterocycles. The van der Waals surface area contributed by atoms with Gasteiger partial charge in [-0.1, -0.05) is 13.8 Å². The Labute approximate surface area is 85.6 Å². The van der Waals surface area contributed by atoms with E-state index in [2.05, 4.69) is 13.8 Å². The Hall–Kier alpha value is -0.570. The number of carbonyl (C=O) groups is 1. The van der Waals surface area contributed by atoms with Crippen LogP contribution in [0.5, 0.6) is 0 Å². The van der Waals surface area contributed by atoms with Gasteiger partial charge in [0.2, 0.25) is 5.91 Å². The van der Waals surface area contributed by atoms with Crippen LogP contribution in [0.2, 0.25) is 0 Å². The molecule has 2 atom stereocenters. The van der Waals surface area contributed by atoms with Crippen molar-refractivity contribution in [3.8, 4) is 0 Å². The molecule has 2 unspecified atom stereocenters. The average molecular weight is 196 g/mol. The Kier molecular flexibility index (Phi) is 2.30. The first kappa shape index (κ1) is 9.97. The SMILES string of the molecule is CC1(C)CCC(N2CC(N)CC2=O)C1. The van der Waals surface area contributed by atoms with E-state index in [1.807, 2.05) is 4.90 Å². The van der Waals surface area contributed by atoms with E-state index in [0.29, 0.717) is 17.9 Å². The Morgan fingerprint density at radius 1 is 1.50 bits per heavy atom. The Morgan fingerprint density at radius 2 is 2.21 bits per heavy atom. The molecule has 0 spiro atoms. The fourth-order valence-electron chi connectivity index (χ4n) is 2.78. The van der Waals surface area contributed by atoms with Gasteiger partial charge in [0, 0.05) is 25.0 Å². The van der Waals surface area contributed by atoms with Gasteiger partial charge in [-0.05, 0) is 24.7 Å². The Morgan fingerprint density at radius 3 is 2.64 bits per heavy atom. The standard InChI is InChI=1S/C11H20N2O/c1-11(2)4-3-9(6-11)13-7-8(12)5-10(13)14/h8-9H,3-7,12H2,1-2H3. The third-order valence-corrected chi connectivity index (χ3v) is 3.57. The Balaban J connectivity index is 2.00. The van der Waals surface area contributed by atoms with Gasteiger partial charge in [-0.2, -0.15) is 0 Å². The van der Waals surface area contributed by atoms with Crippen molar-refractivity contribution in [2.75, 3.05) is 6.54 Å². The van der Waals surface area contributed by atoms with Crippen molar-refractivity contribution in [3.05, 3.63) is 0 Å². The van der Waals surface area contributed by atoms with E-state index in [0.717, 1.165) is 19.4 Å². The molecule has 1 saturated carbocycles. The van der Waals surface area contributed by atoms with Crippen molar-refractivity contribution in [2.45, 2.75) is 51.6 Å². The molecule has 3 heteroatoms. The molecule has 1 heterocycles. The molecule has 2 aliphatic rings. The maximum atomic E-state index is 11.6. The molecule has 0 aromatic carbocycles. The zero-order chi connectivity index (χ0) is 10.3. The predicted molar refractivity (Wildman–Crippen MR) is 55.7 cm³/mol. The highest BCUT2D eigenvalue weighted by Gasteiger charge is 2.39. The van der Waals surface area contributed by atoms with Crippen LogP contribution in [0.15, 0.2) is 0 Å². The zero-order valence-corrected chi connectivity index (χ0v) is 9.12. The highest BCUT2D eigenvalue weighted by Crippen LogP contribution is 2.40. The lowest BCUT2D eigenvalue weighted by Crippen LogP contribution is -2.36. The second-order valence-corrected chi connectivity index (χ2v) is 5.57. The van der Waals surface area contributed by atoms with Crippen LogP contribution in [0.1, 0.15) is 39.5 Å². The lowest BCUT2D eigenvalue weighted by molar-refractivity contribution is -0.129. The maximum Gasteiger partial charge on any atom is 0.224 e. The minimum atomic E-state index is 0.0752. The largest absolute Gasteiger partial charge is 0.338 e. The molecule has 1 saturated heterocycles. The predicted octanol–water partition coefficient (Wildman–Crippen LogP) is 1.12. The first-order valence-electron chi connectivity index (χ1n) is 5.53. The number of nitrogens with zero attached hydrogens (tertiary/aromatic N) is 1. The highest BCUT2D eigenvalue weighted by molar-refractivity contribution is 5.79. The molecule has 2 N–H and O–H groups in total. The second kappa shape index (κ2) is 3.23. The third-order valence-electron chi connectivity index (χ3n) is 3.57. The molecule has 0 bridgehead atoms. The van der Waals surface area contributed by atoms with E-state index in [9.17, 15) is 4.79 Å². The molecular formula is C11H20N2O. The number of hydrogen-bond acceptors (Lipinski definition) is 2. The van der Waals surface area contributed by atoms with Gasteiger partial charge in [-0.3, -0.25) is 4.79 Å². The summed E-state index contributed by atoms with van der Waals surface area (Å²) >= 11 is 0. The van der Waals surface area contributed by atoms with Crippen LogP contribution in [0.25, 0.3) is 0 Å². The minimum Gasteiger partial charge on any atom is -0.338 e. The lowest BCUT2D eigenvalue weighted by atomic mass is 9.91. The van der Waals surface area contributed by atoms with Gasteiger partial charge < -0.3 is 10.6 Å². The smallest absolute Gasteiger partial charge is 0.224 e. The molecule has 2 fully saturated rings. The van der Waals surface area contributed by atoms with Gasteiger partial charge in [0.05, 0.1) is 0 Å². The first-order chi connectivity index (χ1) is 6.48. The van der Waals surface area contributed by atoms with Crippen molar-refractivity contribution in [1.82, 2.24) is 4.90 Å². The molecule has 2 rings (SSSR count). The summed E-state index contributed by atoms with van der Waals surface area (Å²) in [5, 5.41) is 0. The maximum absolute atomic E-state index is 11.6. The Bertz CT molecular complexity index is 250. The number of carbonyl (C=O) groups excluding carboxylic acids is 1. The topological polar surface area (TPSA) is 46.3 Å². The molecule has 1 amide bonds. The van der Waals surface area contributed by atoms with E-state index in [4.69, 9.17) is 5.73 Å². The van der Waals surface area contributed by atoms with Crippen LogP contribution in [0.3, 0.4) is 0 Å². The van der Waals surface area contributed by atoms with E-state index >= 15 is 0 Å². The summed E-state index contributed by atoms with van der Waals surface area (Å²) in [5.41, 5.74) is 6.20. The van der Waals surface area contributed by atoms with E-state index in [-0.39, 0.29) is 11.9 Å². The molecule has 0 aromatic rings. The van der Waals surface area contributed by atoms with Gasteiger partial charge in [-0.25, -0.2) is 0 Å². The molecule has 1 aliphatic carbocycles. The van der Waals surface area contributed by atoms with E-state index in [1.165, 1.54) is 6.42 Å². The summed E-state index contributed by atoms with van der Waals surface area (Å²) in [6.45, 7) is 5.35. The molecular weight excluding hydrogens is 176 g/mol. The average Bonchev–Trinajstić information content (AvgIpc) is 2.55. The van der Waals surface area contributed by atoms with Gasteiger partial charge in [-0.15, -0.1) is 0 Å². The molecule has 80 valence electrons. The van der Waals surface area contributed by atoms with Crippen molar-refractivity contribution in [1.29, 1.82) is 0 Å². The summed E-state index contributed by atoms with van der Waals surface area (Å²) in [7, 11) is 0. The monoisotopic (exact) mass is 196 g/mol. The summed E-state index contributed by atoms with van der Waals surface area (Å²) in [5.74, 6) is 0.264. The van der Waals surface area contributed by atoms with Crippen LogP contribution < -0.4 is 5.73 Å². The van der Waals surface area contributed by atoms with Crippen LogP contribution in [-0.4, -0.2) is 29.4 Å². The van der Waals surface area contributed by atoms with Crippen molar-refractivity contribution >= 4 is 5.91 Å². The highest BCUT2D eigenvalue weighted by atomic mass is 16.2. The van der Waals surface area contributed by atoms with Crippen molar-refractivity contribution in [2.24, 2.45) is 11.1 Å². The van der Waals surface area contributed by atoms with Gasteiger partial charge in [0.1, 0.15) is 0 Å². The summed E-state index contributed by atoms with van der Waals surface area (Å²) in [6.07, 6.45) is 4.09. The van der Waals surface area contributed by atoms with Crippen LogP contribution in [0.4, 0.5) is 0 Å². The number of nitrogens with two attached hydrogens (primary N) is 1. The normalized spacial score (nSPS) is 36.8. The molecule has 3 nitrogen and oxygen atoms in total. The van der Waals surface area contributed by atoms with Crippen molar-refractivity contribution in [3.63, 3.8) is 0 Å².